The standard InChI is InChI=1S/C18H14BrF2N3OS/c1-9-4-11(2-3-14(9)19)22-23-16-13-5-10(20)6-15(21)17(13)24(18(16)25)12-7-26-8-12/h2-6,12,25H,7-8H2,1H3. The lowest BCUT2D eigenvalue weighted by Crippen LogP contribution is -2.22. The van der Waals surface area contributed by atoms with E-state index in [2.05, 4.69) is 26.2 Å². The van der Waals surface area contributed by atoms with E-state index in [1.165, 1.54) is 10.6 Å². The third-order valence-electron chi connectivity index (χ3n) is 4.36. The lowest BCUT2D eigenvalue weighted by atomic mass is 10.2. The van der Waals surface area contributed by atoms with Gasteiger partial charge in [0.15, 0.2) is 11.5 Å². The Labute approximate surface area is 161 Å². The second-order valence-corrected chi connectivity index (χ2v) is 8.08. The number of hydrogen-bond acceptors (Lipinski definition) is 4. The fourth-order valence-corrected chi connectivity index (χ4v) is 3.95. The van der Waals surface area contributed by atoms with Gasteiger partial charge in [-0.2, -0.15) is 16.9 Å². The van der Waals surface area contributed by atoms with Crippen molar-refractivity contribution < 1.29 is 13.9 Å². The second kappa shape index (κ2) is 6.66. The lowest BCUT2D eigenvalue weighted by molar-refractivity contribution is 0.404. The molecule has 0 unspecified atom stereocenters. The van der Waals surface area contributed by atoms with Crippen molar-refractivity contribution in [3.05, 3.63) is 52.0 Å². The minimum absolute atomic E-state index is 0.0404. The Morgan fingerprint density at radius 2 is 1.96 bits per heavy atom. The SMILES string of the molecule is Cc1cc(N=Nc2c(O)n(C3CSC3)c3c(F)cc(F)cc23)ccc1Br. The van der Waals surface area contributed by atoms with Crippen LogP contribution in [0.1, 0.15) is 11.6 Å². The molecule has 3 aromatic rings. The number of halogens is 3. The van der Waals surface area contributed by atoms with Crippen molar-refractivity contribution in [1.82, 2.24) is 4.57 Å². The van der Waals surface area contributed by atoms with Crippen LogP contribution in [-0.4, -0.2) is 21.2 Å². The van der Waals surface area contributed by atoms with Crippen molar-refractivity contribution >= 4 is 50.0 Å². The maximum atomic E-state index is 14.4. The Bertz CT molecular complexity index is 1050. The molecule has 1 fully saturated rings. The first kappa shape index (κ1) is 17.5. The van der Waals surface area contributed by atoms with Crippen LogP contribution >= 0.6 is 27.7 Å². The van der Waals surface area contributed by atoms with E-state index in [0.29, 0.717) is 5.69 Å². The van der Waals surface area contributed by atoms with E-state index in [1.807, 2.05) is 19.1 Å². The molecule has 134 valence electrons. The molecule has 0 amide bonds. The van der Waals surface area contributed by atoms with Crippen molar-refractivity contribution in [1.29, 1.82) is 0 Å². The maximum absolute atomic E-state index is 14.4. The molecule has 4 rings (SSSR count). The quantitative estimate of drug-likeness (QED) is 0.481. The zero-order chi connectivity index (χ0) is 18.4. The summed E-state index contributed by atoms with van der Waals surface area (Å²) in [5.74, 6) is -0.0978. The number of azo groups is 1. The van der Waals surface area contributed by atoms with Gasteiger partial charge in [0, 0.05) is 27.4 Å². The van der Waals surface area contributed by atoms with E-state index >= 15 is 0 Å². The highest BCUT2D eigenvalue weighted by atomic mass is 79.9. The summed E-state index contributed by atoms with van der Waals surface area (Å²) in [5, 5.41) is 19.1. The Hall–Kier alpha value is -1.93. The summed E-state index contributed by atoms with van der Waals surface area (Å²) < 4.78 is 30.6. The van der Waals surface area contributed by atoms with E-state index in [9.17, 15) is 13.9 Å². The maximum Gasteiger partial charge on any atom is 0.221 e. The van der Waals surface area contributed by atoms with Gasteiger partial charge in [0.05, 0.1) is 17.2 Å². The minimum Gasteiger partial charge on any atom is -0.493 e. The van der Waals surface area contributed by atoms with Gasteiger partial charge in [0.1, 0.15) is 5.82 Å². The number of aromatic hydroxyl groups is 1. The molecule has 2 aromatic carbocycles. The predicted octanol–water partition coefficient (Wildman–Crippen LogP) is 6.40. The number of rotatable bonds is 3. The molecule has 1 N–H and O–H groups in total. The molecule has 1 aromatic heterocycles. The third kappa shape index (κ3) is 2.91. The summed E-state index contributed by atoms with van der Waals surface area (Å²) in [6.45, 7) is 1.92. The van der Waals surface area contributed by atoms with Gasteiger partial charge < -0.3 is 9.67 Å². The summed E-state index contributed by atoms with van der Waals surface area (Å²) >= 11 is 5.12. The molecule has 2 heterocycles. The van der Waals surface area contributed by atoms with E-state index in [4.69, 9.17) is 0 Å². The smallest absolute Gasteiger partial charge is 0.221 e. The van der Waals surface area contributed by atoms with Crippen LogP contribution in [0.2, 0.25) is 0 Å². The highest BCUT2D eigenvalue weighted by Crippen LogP contribution is 2.46. The zero-order valence-electron chi connectivity index (χ0n) is 13.7. The number of fused-ring (bicyclic) bond motifs is 1. The number of aryl methyl sites for hydroxylation is 1. The summed E-state index contributed by atoms with van der Waals surface area (Å²) in [6.07, 6.45) is 0. The summed E-state index contributed by atoms with van der Waals surface area (Å²) in [6, 6.07) is 7.40. The van der Waals surface area contributed by atoms with Crippen LogP contribution in [0, 0.1) is 18.6 Å². The van der Waals surface area contributed by atoms with Crippen molar-refractivity contribution in [2.75, 3.05) is 11.5 Å². The van der Waals surface area contributed by atoms with Crippen LogP contribution in [0.25, 0.3) is 10.9 Å². The molecule has 8 heteroatoms. The van der Waals surface area contributed by atoms with Crippen molar-refractivity contribution in [3.63, 3.8) is 0 Å². The first-order chi connectivity index (χ1) is 12.5. The number of hydrogen-bond donors (Lipinski definition) is 1. The molecular weight excluding hydrogens is 424 g/mol. The number of aromatic nitrogens is 1. The monoisotopic (exact) mass is 437 g/mol. The molecule has 0 saturated carbocycles. The highest BCUT2D eigenvalue weighted by Gasteiger charge is 2.29. The zero-order valence-corrected chi connectivity index (χ0v) is 16.1. The molecule has 0 bridgehead atoms. The van der Waals surface area contributed by atoms with E-state index in [0.717, 1.165) is 27.6 Å². The largest absolute Gasteiger partial charge is 0.493 e. The van der Waals surface area contributed by atoms with E-state index in [-0.39, 0.29) is 28.5 Å². The van der Waals surface area contributed by atoms with Crippen LogP contribution in [0.4, 0.5) is 20.2 Å². The second-order valence-electron chi connectivity index (χ2n) is 6.15. The molecule has 0 spiro atoms. The predicted molar refractivity (Wildman–Crippen MR) is 103 cm³/mol. The van der Waals surface area contributed by atoms with Gasteiger partial charge in [-0.3, -0.25) is 0 Å². The van der Waals surface area contributed by atoms with Gasteiger partial charge in [0.25, 0.3) is 0 Å². The Kier molecular flexibility index (Phi) is 4.48. The normalized spacial score (nSPS) is 15.1. The van der Waals surface area contributed by atoms with Crippen LogP contribution < -0.4 is 0 Å². The van der Waals surface area contributed by atoms with Gasteiger partial charge in [-0.25, -0.2) is 8.78 Å². The average molecular weight is 438 g/mol. The van der Waals surface area contributed by atoms with Crippen molar-refractivity contribution in [2.45, 2.75) is 13.0 Å². The summed E-state index contributed by atoms with van der Waals surface area (Å²) in [7, 11) is 0. The molecule has 1 aliphatic heterocycles. The van der Waals surface area contributed by atoms with E-state index in [1.54, 1.807) is 17.8 Å². The number of thioether (sulfide) groups is 1. The van der Waals surface area contributed by atoms with Gasteiger partial charge in [0.2, 0.25) is 5.88 Å². The van der Waals surface area contributed by atoms with Crippen LogP contribution in [-0.2, 0) is 0 Å². The molecule has 0 aliphatic carbocycles. The fourth-order valence-electron chi connectivity index (χ4n) is 2.96. The molecule has 26 heavy (non-hydrogen) atoms. The Morgan fingerprint density at radius 3 is 2.62 bits per heavy atom. The summed E-state index contributed by atoms with van der Waals surface area (Å²) in [5.41, 5.74) is 1.81. The number of benzene rings is 2. The van der Waals surface area contributed by atoms with E-state index < -0.39 is 11.6 Å². The first-order valence-electron chi connectivity index (χ1n) is 7.93. The third-order valence-corrected chi connectivity index (χ3v) is 6.49. The molecule has 0 radical (unpaired) electrons. The molecule has 1 saturated heterocycles. The van der Waals surface area contributed by atoms with Gasteiger partial charge in [-0.15, -0.1) is 5.11 Å². The van der Waals surface area contributed by atoms with Gasteiger partial charge in [-0.05, 0) is 36.8 Å². The van der Waals surface area contributed by atoms with Crippen LogP contribution in [0.3, 0.4) is 0 Å². The fraction of sp³-hybridized carbons (Fsp3) is 0.222. The molecule has 0 atom stereocenters. The summed E-state index contributed by atoms with van der Waals surface area (Å²) in [4.78, 5) is 0. The molecular formula is C18H14BrF2N3OS. The van der Waals surface area contributed by atoms with Crippen molar-refractivity contribution in [2.24, 2.45) is 10.2 Å². The number of nitrogens with zero attached hydrogens (tertiary/aromatic N) is 3. The van der Waals surface area contributed by atoms with Gasteiger partial charge in [-0.1, -0.05) is 15.9 Å². The first-order valence-corrected chi connectivity index (χ1v) is 9.88. The Balaban J connectivity index is 1.87. The van der Waals surface area contributed by atoms with Gasteiger partial charge >= 0.3 is 0 Å². The average Bonchev–Trinajstić information content (AvgIpc) is 2.80. The molecule has 1 aliphatic rings. The van der Waals surface area contributed by atoms with Crippen LogP contribution in [0.15, 0.2) is 45.0 Å². The van der Waals surface area contributed by atoms with Crippen LogP contribution in [0.5, 0.6) is 5.88 Å². The topological polar surface area (TPSA) is 49.9 Å². The van der Waals surface area contributed by atoms with Crippen molar-refractivity contribution in [3.8, 4) is 5.88 Å². The highest BCUT2D eigenvalue weighted by molar-refractivity contribution is 9.10. The Morgan fingerprint density at radius 1 is 1.19 bits per heavy atom. The lowest BCUT2D eigenvalue weighted by Gasteiger charge is -2.27. The molecule has 4 nitrogen and oxygen atoms in total. The minimum atomic E-state index is -0.717.